The van der Waals surface area contributed by atoms with E-state index >= 15 is 0 Å². The van der Waals surface area contributed by atoms with Crippen molar-refractivity contribution in [2.75, 3.05) is 85.3 Å². The van der Waals surface area contributed by atoms with Gasteiger partial charge in [0.05, 0.1) is 99.8 Å². The van der Waals surface area contributed by atoms with Crippen LogP contribution in [0.4, 0.5) is 0 Å². The Morgan fingerprint density at radius 2 is 0.537 bits per heavy atom. The molecule has 0 atom stereocenters. The van der Waals surface area contributed by atoms with Gasteiger partial charge in [0, 0.05) is 12.1 Å². The van der Waals surface area contributed by atoms with Crippen molar-refractivity contribution in [1.29, 1.82) is 0 Å². The fourth-order valence-corrected chi connectivity index (χ4v) is 6.43. The first kappa shape index (κ1) is 70.8. The third kappa shape index (κ3) is 20.7. The van der Waals surface area contributed by atoms with Gasteiger partial charge in [-0.3, -0.25) is 0 Å². The molecule has 382 valence electrons. The Kier molecular flexibility index (Phi) is 38.9. The first-order chi connectivity index (χ1) is 29.5. The third-order valence-electron chi connectivity index (χ3n) is 9.02. The predicted molar refractivity (Wildman–Crippen MR) is 286 cm³/mol. The van der Waals surface area contributed by atoms with Crippen LogP contribution < -0.4 is 56.8 Å². The maximum absolute atomic E-state index is 5.82. The molecule has 0 fully saturated rings. The highest BCUT2D eigenvalue weighted by Crippen LogP contribution is 2.43. The number of hydrogen-bond acceptors (Lipinski definition) is 12. The van der Waals surface area contributed by atoms with Crippen molar-refractivity contribution in [2.45, 2.75) is 71.8 Å². The summed E-state index contributed by atoms with van der Waals surface area (Å²) in [7, 11) is 19.3. The lowest BCUT2D eigenvalue weighted by atomic mass is 10.1. The van der Waals surface area contributed by atoms with Crippen molar-refractivity contribution < 1.29 is 56.8 Å². The van der Waals surface area contributed by atoms with E-state index in [1.807, 2.05) is 71.0 Å². The molecule has 0 saturated heterocycles. The van der Waals surface area contributed by atoms with E-state index in [9.17, 15) is 0 Å². The molecule has 0 saturated carbocycles. The molecule has 5 aromatic rings. The minimum absolute atomic E-state index is 0. The molecule has 0 aromatic heterocycles. The summed E-state index contributed by atoms with van der Waals surface area (Å²) in [6.07, 6.45) is 0. The first-order valence-corrected chi connectivity index (χ1v) is 20.2. The average molecular weight is 1050 g/mol. The average Bonchev–Trinajstić information content (AvgIpc) is 3.29. The van der Waals surface area contributed by atoms with Crippen molar-refractivity contribution >= 4 is 39.1 Å². The van der Waals surface area contributed by atoms with Crippen LogP contribution in [0.5, 0.6) is 69.0 Å². The number of methoxy groups -OCH3 is 12. The highest BCUT2D eigenvalue weighted by molar-refractivity contribution is 9.10. The van der Waals surface area contributed by atoms with Crippen LogP contribution in [0, 0.1) is 34.6 Å². The Morgan fingerprint density at radius 3 is 0.791 bits per heavy atom. The van der Waals surface area contributed by atoms with E-state index in [0.717, 1.165) is 66.8 Å². The lowest BCUT2D eigenvalue weighted by Crippen LogP contribution is -1.97. The number of hydrogen-bond donors (Lipinski definition) is 0. The van der Waals surface area contributed by atoms with Crippen molar-refractivity contribution in [2.24, 2.45) is 0 Å². The van der Waals surface area contributed by atoms with Crippen LogP contribution in [0.1, 0.15) is 65.0 Å². The second-order valence-corrected chi connectivity index (χ2v) is 14.3. The van der Waals surface area contributed by atoms with Crippen molar-refractivity contribution in [3.05, 3.63) is 103 Å². The molecule has 0 N–H and O–H groups in total. The summed E-state index contributed by atoms with van der Waals surface area (Å²) in [5.74, 6) is 8.73. The molecule has 0 spiro atoms. The summed E-state index contributed by atoms with van der Waals surface area (Å²) in [4.78, 5) is 0. The lowest BCUT2D eigenvalue weighted by Gasteiger charge is -2.14. The number of ether oxygens (including phenoxy) is 12. The van der Waals surface area contributed by atoms with Crippen LogP contribution in [0.3, 0.4) is 0 Å². The molecule has 0 bridgehead atoms. The summed E-state index contributed by atoms with van der Waals surface area (Å²) in [6, 6.07) is 18.4. The predicted octanol–water partition coefficient (Wildman–Crippen LogP) is 15.3. The fraction of sp³-hybridized carbons (Fsp3) is 0.423. The molecule has 0 heterocycles. The van der Waals surface area contributed by atoms with E-state index in [2.05, 4.69) is 15.9 Å². The third-order valence-corrected chi connectivity index (χ3v) is 10.2. The minimum atomic E-state index is 0. The topological polar surface area (TPSA) is 111 Å². The van der Waals surface area contributed by atoms with Gasteiger partial charge in [0.25, 0.3) is 0 Å². The van der Waals surface area contributed by atoms with Gasteiger partial charge in [0.15, 0.2) is 11.5 Å². The first-order valence-electron chi connectivity index (χ1n) is 18.7. The summed E-state index contributed by atoms with van der Waals surface area (Å²) < 4.78 is 62.3. The van der Waals surface area contributed by atoms with E-state index < -0.39 is 0 Å². The van der Waals surface area contributed by atoms with Gasteiger partial charge in [-0.25, -0.2) is 0 Å². The van der Waals surface area contributed by atoms with E-state index in [4.69, 9.17) is 80.0 Å². The maximum atomic E-state index is 5.82. The second kappa shape index (κ2) is 36.8. The summed E-state index contributed by atoms with van der Waals surface area (Å²) in [5.41, 5.74) is 5.53. The molecule has 5 aromatic carbocycles. The van der Waals surface area contributed by atoms with Crippen LogP contribution in [0.2, 0.25) is 10.0 Å². The fourth-order valence-electron chi connectivity index (χ4n) is 5.49. The van der Waals surface area contributed by atoms with Gasteiger partial charge in [0.2, 0.25) is 11.5 Å². The highest BCUT2D eigenvalue weighted by atomic mass is 79.9. The molecule has 0 radical (unpaired) electrons. The zero-order valence-electron chi connectivity index (χ0n) is 38.8. The molecule has 15 heteroatoms. The van der Waals surface area contributed by atoms with Gasteiger partial charge in [-0.15, -0.1) is 0 Å². The Labute approximate surface area is 423 Å². The lowest BCUT2D eigenvalue weighted by molar-refractivity contribution is 0.305. The summed E-state index contributed by atoms with van der Waals surface area (Å²) in [5, 5.41) is 0.970. The summed E-state index contributed by atoms with van der Waals surface area (Å²) in [6.45, 7) is 10.0. The number of rotatable bonds is 12. The van der Waals surface area contributed by atoms with Gasteiger partial charge in [-0.1, -0.05) is 60.3 Å². The number of halogens is 3. The van der Waals surface area contributed by atoms with Crippen LogP contribution in [-0.4, -0.2) is 85.3 Å². The smallest absolute Gasteiger partial charge is 0.207 e. The van der Waals surface area contributed by atoms with E-state index in [-0.39, 0.29) is 37.1 Å². The largest absolute Gasteiger partial charge is 0.496 e. The van der Waals surface area contributed by atoms with Gasteiger partial charge in [-0.05, 0) is 127 Å². The Bertz CT molecular complexity index is 1850. The van der Waals surface area contributed by atoms with E-state index in [1.165, 1.54) is 14.2 Å². The summed E-state index contributed by atoms with van der Waals surface area (Å²) >= 11 is 15.0. The second-order valence-electron chi connectivity index (χ2n) is 12.6. The molecule has 0 aliphatic rings. The van der Waals surface area contributed by atoms with Crippen molar-refractivity contribution in [3.8, 4) is 69.0 Å². The van der Waals surface area contributed by atoms with Crippen molar-refractivity contribution in [3.63, 3.8) is 0 Å². The van der Waals surface area contributed by atoms with Gasteiger partial charge in [-0.2, -0.15) is 0 Å². The molecule has 67 heavy (non-hydrogen) atoms. The molecular weight excluding hydrogens is 967 g/mol. The van der Waals surface area contributed by atoms with Gasteiger partial charge < -0.3 is 56.8 Å². The van der Waals surface area contributed by atoms with Crippen LogP contribution in [-0.2, 0) is 0 Å². The molecule has 0 unspecified atom stereocenters. The molecule has 5 rings (SSSR count). The quantitative estimate of drug-likeness (QED) is 0.119. The van der Waals surface area contributed by atoms with Crippen molar-refractivity contribution in [1.82, 2.24) is 0 Å². The molecule has 0 amide bonds. The SMILES string of the molecule is C.C.C.C.C.COc1cc(Br)c(OC)cc1C.COc1cc(C)c(OC)cc1C.COc1cc(Cl)c(OC)cc1Cl.COc1ccc(OC)c(C)c1C.COc1ccc(OC)c(OC)c1OC. The maximum Gasteiger partial charge on any atom is 0.207 e. The highest BCUT2D eigenvalue weighted by Gasteiger charge is 2.16. The monoisotopic (exact) mass is 1050 g/mol. The molecule has 12 nitrogen and oxygen atoms in total. The van der Waals surface area contributed by atoms with E-state index in [0.29, 0.717) is 44.5 Å². The Hall–Kier alpha value is -5.24. The van der Waals surface area contributed by atoms with Gasteiger partial charge in [0.1, 0.15) is 46.0 Å². The Balaban J connectivity index is -0.000000235. The number of aryl methyl sites for hydroxylation is 3. The molecule has 0 aliphatic heterocycles. The van der Waals surface area contributed by atoms with Gasteiger partial charge >= 0.3 is 0 Å². The minimum Gasteiger partial charge on any atom is -0.496 e. The standard InChI is InChI=1S/C10H14O4.2C10H14O2.C9H11BrO2.C8H8Cl2O2.5CH4/c1-11-7-5-6-8(12-2)10(14-4)9(7)13-3;1-7-5-10(12-4)8(2)6-9(7)11-3;1-7-8(2)10(12-4)6-5-9(7)11-3;1-6-4-9(12-3)7(10)5-8(6)11-2;1-11-7-3-6(10)8(12-2)4-5(7)9;;;;;/h5-6H,1-4H3;2*5-6H,1-4H3;4-5H,1-3H3;3-4H,1-2H3;5*1H4. The zero-order chi connectivity index (χ0) is 47.1. The van der Waals surface area contributed by atoms with Crippen LogP contribution in [0.15, 0.2) is 65.1 Å². The molecule has 0 aliphatic carbocycles. The Morgan fingerprint density at radius 1 is 0.299 bits per heavy atom. The normalized spacial score (nSPS) is 8.90. The molecular formula is C52H81BrCl2O12. The number of benzene rings is 5. The zero-order valence-corrected chi connectivity index (χ0v) is 41.9. The van der Waals surface area contributed by atoms with E-state index in [1.54, 1.807) is 95.4 Å². The van der Waals surface area contributed by atoms with Crippen LogP contribution in [0.25, 0.3) is 0 Å². The van der Waals surface area contributed by atoms with Crippen LogP contribution >= 0.6 is 39.1 Å².